The number of rotatable bonds is 6. The number of ether oxygens (including phenoxy) is 1. The molecule has 0 radical (unpaired) electrons. The number of nitriles is 1. The van der Waals surface area contributed by atoms with Gasteiger partial charge in [0.05, 0.1) is 23.7 Å². The predicted octanol–water partition coefficient (Wildman–Crippen LogP) is 5.25. The van der Waals surface area contributed by atoms with Crippen LogP contribution in [0.3, 0.4) is 0 Å². The number of carbonyl (C=O) groups is 1. The molecule has 3 aromatic rings. The van der Waals surface area contributed by atoms with Crippen molar-refractivity contribution in [2.75, 3.05) is 11.5 Å². The minimum absolute atomic E-state index is 0.0577. The van der Waals surface area contributed by atoms with Gasteiger partial charge in [-0.2, -0.15) is 5.26 Å². The highest BCUT2D eigenvalue weighted by Crippen LogP contribution is 2.48. The standard InChI is InChI=1S/C25H18F3N3O2/c26-16-3-6-19(21(11-16)33-13-22(27)28)23-20-12-31(24(32)18(20)7-10-30-23)17-4-1-15(2-5-17)25(14-29)8-9-25/h1-7,10-11,22H,8-9,12-13H2. The van der Waals surface area contributed by atoms with Crippen LogP contribution in [0.25, 0.3) is 11.3 Å². The van der Waals surface area contributed by atoms with Crippen molar-refractivity contribution < 1.29 is 22.7 Å². The maximum Gasteiger partial charge on any atom is 0.272 e. The van der Waals surface area contributed by atoms with Crippen molar-refractivity contribution in [3.63, 3.8) is 0 Å². The zero-order valence-corrected chi connectivity index (χ0v) is 17.4. The van der Waals surface area contributed by atoms with E-state index in [9.17, 15) is 23.2 Å². The van der Waals surface area contributed by atoms with Gasteiger partial charge in [-0.05, 0) is 48.7 Å². The van der Waals surface area contributed by atoms with Gasteiger partial charge in [0.1, 0.15) is 18.2 Å². The highest BCUT2D eigenvalue weighted by molar-refractivity contribution is 6.11. The molecule has 2 aliphatic rings. The summed E-state index contributed by atoms with van der Waals surface area (Å²) in [5.74, 6) is -0.906. The first-order chi connectivity index (χ1) is 15.9. The molecule has 1 fully saturated rings. The van der Waals surface area contributed by atoms with E-state index >= 15 is 0 Å². The molecule has 2 aromatic carbocycles. The van der Waals surface area contributed by atoms with Gasteiger partial charge >= 0.3 is 0 Å². The second-order valence-corrected chi connectivity index (χ2v) is 8.16. The minimum atomic E-state index is -2.72. The molecule has 166 valence electrons. The number of carbonyl (C=O) groups excluding carboxylic acids is 1. The SMILES string of the molecule is N#CC1(c2ccc(N3Cc4c(ccnc4-c4ccc(F)cc4OCC(F)F)C3=O)cc2)CC1. The van der Waals surface area contributed by atoms with Crippen LogP contribution in [-0.4, -0.2) is 23.9 Å². The largest absolute Gasteiger partial charge is 0.487 e. The smallest absolute Gasteiger partial charge is 0.272 e. The first-order valence-corrected chi connectivity index (χ1v) is 10.4. The average molecular weight is 449 g/mol. The van der Waals surface area contributed by atoms with E-state index < -0.39 is 24.3 Å². The number of aromatic nitrogens is 1. The van der Waals surface area contributed by atoms with Crippen LogP contribution in [0, 0.1) is 17.1 Å². The number of hydrogen-bond donors (Lipinski definition) is 0. The molecule has 1 aliphatic heterocycles. The minimum Gasteiger partial charge on any atom is -0.487 e. The van der Waals surface area contributed by atoms with E-state index in [0.29, 0.717) is 28.1 Å². The van der Waals surface area contributed by atoms with Gasteiger partial charge in [0, 0.05) is 34.6 Å². The summed E-state index contributed by atoms with van der Waals surface area (Å²) in [6, 6.07) is 15.0. The van der Waals surface area contributed by atoms with Crippen LogP contribution in [0.15, 0.2) is 54.7 Å². The van der Waals surface area contributed by atoms with E-state index in [0.717, 1.165) is 24.5 Å². The van der Waals surface area contributed by atoms with Crippen LogP contribution < -0.4 is 9.64 Å². The molecule has 0 bridgehead atoms. The molecule has 2 heterocycles. The first-order valence-electron chi connectivity index (χ1n) is 10.4. The Morgan fingerprint density at radius 2 is 1.88 bits per heavy atom. The Kier molecular flexibility index (Phi) is 5.05. The number of pyridine rings is 1. The third-order valence-corrected chi connectivity index (χ3v) is 6.11. The molecule has 1 aliphatic carbocycles. The summed E-state index contributed by atoms with van der Waals surface area (Å²) in [6.45, 7) is -0.668. The normalized spacial score (nSPS) is 16.0. The van der Waals surface area contributed by atoms with Crippen molar-refractivity contribution in [1.82, 2.24) is 4.98 Å². The Hall–Kier alpha value is -3.86. The van der Waals surface area contributed by atoms with Gasteiger partial charge in [-0.25, -0.2) is 13.2 Å². The number of benzene rings is 2. The highest BCUT2D eigenvalue weighted by Gasteiger charge is 2.45. The number of fused-ring (bicyclic) bond motifs is 1. The van der Waals surface area contributed by atoms with Gasteiger partial charge in [-0.3, -0.25) is 9.78 Å². The van der Waals surface area contributed by atoms with Crippen LogP contribution in [0.2, 0.25) is 0 Å². The van der Waals surface area contributed by atoms with E-state index in [-0.39, 0.29) is 18.2 Å². The Morgan fingerprint density at radius 3 is 2.55 bits per heavy atom. The predicted molar refractivity (Wildman–Crippen MR) is 115 cm³/mol. The summed E-state index contributed by atoms with van der Waals surface area (Å²) in [4.78, 5) is 19.1. The van der Waals surface area contributed by atoms with Gasteiger partial charge in [0.25, 0.3) is 12.3 Å². The molecule has 0 N–H and O–H groups in total. The summed E-state index contributed by atoms with van der Waals surface area (Å²) < 4.78 is 44.3. The lowest BCUT2D eigenvalue weighted by atomic mass is 9.97. The molecule has 1 amide bonds. The van der Waals surface area contributed by atoms with Crippen LogP contribution in [0.5, 0.6) is 5.75 Å². The lowest BCUT2D eigenvalue weighted by Crippen LogP contribution is -2.23. The zero-order chi connectivity index (χ0) is 23.2. The Balaban J connectivity index is 1.48. The van der Waals surface area contributed by atoms with Crippen LogP contribution in [0.1, 0.15) is 34.3 Å². The fraction of sp³-hybridized carbons (Fsp3) is 0.240. The number of nitrogens with zero attached hydrogens (tertiary/aromatic N) is 3. The molecular formula is C25H18F3N3O2. The molecule has 8 heteroatoms. The van der Waals surface area contributed by atoms with E-state index in [4.69, 9.17) is 4.74 Å². The lowest BCUT2D eigenvalue weighted by Gasteiger charge is -2.17. The van der Waals surface area contributed by atoms with E-state index in [2.05, 4.69) is 11.1 Å². The fourth-order valence-corrected chi connectivity index (χ4v) is 4.18. The van der Waals surface area contributed by atoms with Gasteiger partial charge in [0.15, 0.2) is 0 Å². The molecule has 0 atom stereocenters. The summed E-state index contributed by atoms with van der Waals surface area (Å²) in [6.07, 6.45) is 0.411. The topological polar surface area (TPSA) is 66.2 Å². The van der Waals surface area contributed by atoms with Crippen molar-refractivity contribution >= 4 is 11.6 Å². The first kappa shape index (κ1) is 21.0. The third kappa shape index (κ3) is 3.69. The quantitative estimate of drug-likeness (QED) is 0.516. The van der Waals surface area contributed by atoms with Crippen molar-refractivity contribution in [2.45, 2.75) is 31.2 Å². The van der Waals surface area contributed by atoms with Gasteiger partial charge in [-0.1, -0.05) is 12.1 Å². The number of alkyl halides is 2. The maximum atomic E-state index is 13.8. The number of hydrogen-bond acceptors (Lipinski definition) is 4. The lowest BCUT2D eigenvalue weighted by molar-refractivity contribution is 0.0820. The van der Waals surface area contributed by atoms with Gasteiger partial charge < -0.3 is 9.64 Å². The van der Waals surface area contributed by atoms with Crippen molar-refractivity contribution in [3.05, 3.63) is 77.2 Å². The summed E-state index contributed by atoms with van der Waals surface area (Å²) in [5, 5.41) is 9.40. The highest BCUT2D eigenvalue weighted by atomic mass is 19.3. The van der Waals surface area contributed by atoms with Crippen molar-refractivity contribution in [1.29, 1.82) is 5.26 Å². The van der Waals surface area contributed by atoms with Gasteiger partial charge in [0.2, 0.25) is 0 Å². The maximum absolute atomic E-state index is 13.8. The van der Waals surface area contributed by atoms with Gasteiger partial charge in [-0.15, -0.1) is 0 Å². The molecule has 1 aromatic heterocycles. The molecule has 1 saturated carbocycles. The zero-order valence-electron chi connectivity index (χ0n) is 17.4. The summed E-state index contributed by atoms with van der Waals surface area (Å²) in [7, 11) is 0. The second kappa shape index (κ2) is 7.93. The summed E-state index contributed by atoms with van der Waals surface area (Å²) >= 11 is 0. The van der Waals surface area contributed by atoms with E-state index in [1.165, 1.54) is 18.3 Å². The number of amides is 1. The van der Waals surface area contributed by atoms with Crippen molar-refractivity contribution in [2.24, 2.45) is 0 Å². The Morgan fingerprint density at radius 1 is 1.12 bits per heavy atom. The molecule has 0 saturated heterocycles. The van der Waals surface area contributed by atoms with Crippen LogP contribution in [0.4, 0.5) is 18.9 Å². The Labute approximate surface area is 188 Å². The molecular weight excluding hydrogens is 431 g/mol. The fourth-order valence-electron chi connectivity index (χ4n) is 4.18. The Bertz CT molecular complexity index is 1280. The van der Waals surface area contributed by atoms with Crippen LogP contribution in [-0.2, 0) is 12.0 Å². The third-order valence-electron chi connectivity index (χ3n) is 6.11. The van der Waals surface area contributed by atoms with Crippen molar-refractivity contribution in [3.8, 4) is 23.1 Å². The molecule has 0 spiro atoms. The van der Waals surface area contributed by atoms with Crippen LogP contribution >= 0.6 is 0 Å². The molecule has 5 nitrogen and oxygen atoms in total. The number of halogens is 3. The molecule has 33 heavy (non-hydrogen) atoms. The average Bonchev–Trinajstić information content (AvgIpc) is 3.55. The monoisotopic (exact) mass is 449 g/mol. The van der Waals surface area contributed by atoms with E-state index in [1.807, 2.05) is 24.3 Å². The second-order valence-electron chi connectivity index (χ2n) is 8.16. The molecule has 0 unspecified atom stereocenters. The summed E-state index contributed by atoms with van der Waals surface area (Å²) in [5.41, 5.74) is 2.96. The molecule has 5 rings (SSSR count). The number of anilines is 1. The van der Waals surface area contributed by atoms with E-state index in [1.54, 1.807) is 11.0 Å².